The molecule has 0 aliphatic carbocycles. The molecule has 25 heavy (non-hydrogen) atoms. The van der Waals surface area contributed by atoms with E-state index in [1.165, 1.54) is 6.92 Å². The number of halogens is 3. The number of aliphatic imine (C=N–C) groups is 1. The molecule has 0 saturated carbocycles. The molecule has 1 aliphatic heterocycles. The molecule has 12 heteroatoms. The van der Waals surface area contributed by atoms with E-state index in [1.54, 1.807) is 0 Å². The third-order valence-corrected chi connectivity index (χ3v) is 5.16. The molecular weight excluding hydrogens is 363 g/mol. The largest absolute Gasteiger partial charge is 0.511 e. The molecule has 0 bridgehead atoms. The Bertz CT molecular complexity index is 572. The molecule has 0 aromatic heterocycles. The highest BCUT2D eigenvalue weighted by Crippen LogP contribution is 2.28. The van der Waals surface area contributed by atoms with Gasteiger partial charge >= 0.3 is 15.5 Å². The zero-order chi connectivity index (χ0) is 19.1. The minimum Gasteiger partial charge on any atom is -0.357 e. The van der Waals surface area contributed by atoms with Gasteiger partial charge in [0.25, 0.3) is 0 Å². The monoisotopic (exact) mass is 387 g/mol. The number of amides is 1. The topological polar surface area (TPSA) is 103 Å². The fourth-order valence-corrected chi connectivity index (χ4v) is 3.28. The zero-order valence-electron chi connectivity index (χ0n) is 14.2. The van der Waals surface area contributed by atoms with Crippen LogP contribution in [0, 0.1) is 0 Å². The first-order valence-corrected chi connectivity index (χ1v) is 9.37. The zero-order valence-corrected chi connectivity index (χ0v) is 15.0. The van der Waals surface area contributed by atoms with Crippen LogP contribution in [0.1, 0.15) is 26.7 Å². The van der Waals surface area contributed by atoms with Crippen molar-refractivity contribution in [2.24, 2.45) is 4.99 Å². The number of nitrogens with zero attached hydrogens (tertiary/aromatic N) is 2. The predicted octanol–water partition coefficient (Wildman–Crippen LogP) is -0.00840. The van der Waals surface area contributed by atoms with Gasteiger partial charge in [-0.2, -0.15) is 17.5 Å². The molecule has 146 valence electrons. The Morgan fingerprint density at radius 1 is 1.24 bits per heavy atom. The lowest BCUT2D eigenvalue weighted by molar-refractivity contribution is -0.118. The second kappa shape index (κ2) is 9.22. The molecule has 0 spiro atoms. The van der Waals surface area contributed by atoms with Crippen molar-refractivity contribution in [3.05, 3.63) is 0 Å². The van der Waals surface area contributed by atoms with E-state index in [2.05, 4.69) is 20.9 Å². The van der Waals surface area contributed by atoms with Crippen molar-refractivity contribution in [3.63, 3.8) is 0 Å². The van der Waals surface area contributed by atoms with Crippen molar-refractivity contribution >= 4 is 21.9 Å². The lowest BCUT2D eigenvalue weighted by Crippen LogP contribution is -2.51. The van der Waals surface area contributed by atoms with E-state index in [9.17, 15) is 26.4 Å². The van der Waals surface area contributed by atoms with Gasteiger partial charge in [0.1, 0.15) is 0 Å². The van der Waals surface area contributed by atoms with E-state index >= 15 is 0 Å². The SMILES string of the molecule is CCNC(=NCCNC(C)=O)NC1CCN(S(=O)(=O)C(F)(F)F)CC1. The van der Waals surface area contributed by atoms with E-state index in [-0.39, 0.29) is 37.9 Å². The first-order valence-electron chi connectivity index (χ1n) is 7.93. The lowest BCUT2D eigenvalue weighted by atomic mass is 10.1. The van der Waals surface area contributed by atoms with Crippen LogP contribution in [-0.2, 0) is 14.8 Å². The Kier molecular flexibility index (Phi) is 7.93. The van der Waals surface area contributed by atoms with Gasteiger partial charge in [0.15, 0.2) is 5.96 Å². The molecule has 0 aromatic rings. The fraction of sp³-hybridized carbons (Fsp3) is 0.846. The number of hydrogen-bond acceptors (Lipinski definition) is 4. The number of carbonyl (C=O) groups is 1. The van der Waals surface area contributed by atoms with Gasteiger partial charge in [-0.25, -0.2) is 8.42 Å². The van der Waals surface area contributed by atoms with Crippen molar-refractivity contribution in [2.45, 2.75) is 38.2 Å². The van der Waals surface area contributed by atoms with Gasteiger partial charge in [-0.15, -0.1) is 0 Å². The minimum atomic E-state index is -5.27. The highest BCUT2D eigenvalue weighted by atomic mass is 32.2. The van der Waals surface area contributed by atoms with E-state index in [0.29, 0.717) is 29.9 Å². The number of nitrogens with one attached hydrogen (secondary N) is 3. The minimum absolute atomic E-state index is 0.161. The van der Waals surface area contributed by atoms with Crippen LogP contribution >= 0.6 is 0 Å². The number of hydrogen-bond donors (Lipinski definition) is 3. The average molecular weight is 387 g/mol. The van der Waals surface area contributed by atoms with Crippen molar-refractivity contribution in [1.82, 2.24) is 20.3 Å². The predicted molar refractivity (Wildman–Crippen MR) is 87.4 cm³/mol. The average Bonchev–Trinajstić information content (AvgIpc) is 2.51. The number of guanidine groups is 1. The normalized spacial score (nSPS) is 18.0. The first-order chi connectivity index (χ1) is 11.6. The molecule has 3 N–H and O–H groups in total. The molecule has 1 aliphatic rings. The molecule has 1 amide bonds. The number of rotatable bonds is 6. The van der Waals surface area contributed by atoms with Crippen molar-refractivity contribution in [2.75, 3.05) is 32.7 Å². The Morgan fingerprint density at radius 3 is 2.32 bits per heavy atom. The number of sulfonamides is 1. The first kappa shape index (κ1) is 21.5. The summed E-state index contributed by atoms with van der Waals surface area (Å²) in [5.74, 6) is 0.316. The van der Waals surface area contributed by atoms with E-state index in [4.69, 9.17) is 0 Å². The van der Waals surface area contributed by atoms with Crippen LogP contribution in [0.15, 0.2) is 4.99 Å². The van der Waals surface area contributed by atoms with Crippen molar-refractivity contribution < 1.29 is 26.4 Å². The van der Waals surface area contributed by atoms with Gasteiger partial charge in [-0.1, -0.05) is 0 Å². The summed E-state index contributed by atoms with van der Waals surface area (Å²) in [5, 5.41) is 8.68. The summed E-state index contributed by atoms with van der Waals surface area (Å²) in [5.41, 5.74) is -5.27. The van der Waals surface area contributed by atoms with Crippen LogP contribution in [0.5, 0.6) is 0 Å². The van der Waals surface area contributed by atoms with Crippen LogP contribution in [0.4, 0.5) is 13.2 Å². The maximum atomic E-state index is 12.6. The smallest absolute Gasteiger partial charge is 0.357 e. The van der Waals surface area contributed by atoms with Crippen LogP contribution in [0.25, 0.3) is 0 Å². The summed E-state index contributed by atoms with van der Waals surface area (Å²) in [6.07, 6.45) is 0.483. The molecule has 1 rings (SSSR count). The van der Waals surface area contributed by atoms with E-state index in [0.717, 1.165) is 0 Å². The third kappa shape index (κ3) is 6.69. The van der Waals surface area contributed by atoms with Crippen LogP contribution in [0.3, 0.4) is 0 Å². The molecule has 1 heterocycles. The van der Waals surface area contributed by atoms with Gasteiger partial charge in [0, 0.05) is 39.1 Å². The second-order valence-electron chi connectivity index (χ2n) is 5.51. The van der Waals surface area contributed by atoms with Gasteiger partial charge < -0.3 is 16.0 Å². The van der Waals surface area contributed by atoms with Crippen molar-refractivity contribution in [3.8, 4) is 0 Å². The van der Waals surface area contributed by atoms with Crippen LogP contribution in [-0.4, -0.2) is 68.9 Å². The van der Waals surface area contributed by atoms with Gasteiger partial charge in [0.2, 0.25) is 5.91 Å². The fourth-order valence-electron chi connectivity index (χ4n) is 2.30. The molecule has 0 radical (unpaired) electrons. The van der Waals surface area contributed by atoms with Gasteiger partial charge in [-0.3, -0.25) is 9.79 Å². The molecule has 8 nitrogen and oxygen atoms in total. The maximum absolute atomic E-state index is 12.6. The molecule has 0 atom stereocenters. The molecule has 1 saturated heterocycles. The molecule has 1 fully saturated rings. The quantitative estimate of drug-likeness (QED) is 0.338. The Morgan fingerprint density at radius 2 is 1.84 bits per heavy atom. The summed E-state index contributed by atoms with van der Waals surface area (Å²) in [7, 11) is -5.27. The second-order valence-corrected chi connectivity index (χ2v) is 7.44. The highest BCUT2D eigenvalue weighted by Gasteiger charge is 2.50. The molecule has 0 unspecified atom stereocenters. The Labute approximate surface area is 145 Å². The number of piperidine rings is 1. The van der Waals surface area contributed by atoms with Crippen LogP contribution < -0.4 is 16.0 Å². The summed E-state index contributed by atoms with van der Waals surface area (Å²) < 4.78 is 60.9. The van der Waals surface area contributed by atoms with Gasteiger partial charge in [0.05, 0.1) is 6.54 Å². The summed E-state index contributed by atoms with van der Waals surface area (Å²) in [6, 6.07) is -0.182. The third-order valence-electron chi connectivity index (χ3n) is 3.53. The number of carbonyl (C=O) groups excluding carboxylic acids is 1. The lowest BCUT2D eigenvalue weighted by Gasteiger charge is -2.32. The Balaban J connectivity index is 2.54. The Hall–Kier alpha value is -1.56. The molecule has 0 aromatic carbocycles. The number of alkyl halides is 3. The summed E-state index contributed by atoms with van der Waals surface area (Å²) >= 11 is 0. The maximum Gasteiger partial charge on any atom is 0.511 e. The van der Waals surface area contributed by atoms with Gasteiger partial charge in [-0.05, 0) is 19.8 Å². The standard InChI is InChI=1S/C13H24F3N5O3S/c1-3-17-12(19-7-6-18-10(2)22)20-11-4-8-21(9-5-11)25(23,24)13(14,15)16/h11H,3-9H2,1-2H3,(H,18,22)(H2,17,19,20). The molecular formula is C13H24F3N5O3S. The highest BCUT2D eigenvalue weighted by molar-refractivity contribution is 7.90. The van der Waals surface area contributed by atoms with E-state index < -0.39 is 15.5 Å². The summed E-state index contributed by atoms with van der Waals surface area (Å²) in [6.45, 7) is 4.16. The summed E-state index contributed by atoms with van der Waals surface area (Å²) in [4.78, 5) is 15.0. The van der Waals surface area contributed by atoms with Crippen molar-refractivity contribution in [1.29, 1.82) is 0 Å². The van der Waals surface area contributed by atoms with E-state index in [1.807, 2.05) is 6.92 Å². The van der Waals surface area contributed by atoms with Crippen LogP contribution in [0.2, 0.25) is 0 Å².